The van der Waals surface area contributed by atoms with Crippen molar-refractivity contribution in [3.8, 4) is 0 Å². The Morgan fingerprint density at radius 3 is 2.72 bits per heavy atom. The van der Waals surface area contributed by atoms with Crippen molar-refractivity contribution in [1.82, 2.24) is 10.6 Å². The second-order valence-electron chi connectivity index (χ2n) is 7.68. The Balaban J connectivity index is 1.78. The molecule has 2 aliphatic rings. The number of benzene rings is 1. The van der Waals surface area contributed by atoms with Crippen molar-refractivity contribution in [3.63, 3.8) is 0 Å². The van der Waals surface area contributed by atoms with Crippen LogP contribution >= 0.6 is 11.8 Å². The van der Waals surface area contributed by atoms with Gasteiger partial charge in [-0.3, -0.25) is 4.99 Å². The number of halogens is 3. The molecule has 2 aliphatic heterocycles. The van der Waals surface area contributed by atoms with Gasteiger partial charge in [0.2, 0.25) is 0 Å². The summed E-state index contributed by atoms with van der Waals surface area (Å²) in [4.78, 5) is 4.79. The second-order valence-corrected chi connectivity index (χ2v) is 9.09. The molecule has 0 spiro atoms. The van der Waals surface area contributed by atoms with E-state index < -0.39 is 17.2 Å². The zero-order chi connectivity index (χ0) is 20.7. The van der Waals surface area contributed by atoms with Gasteiger partial charge in [0.1, 0.15) is 0 Å². The van der Waals surface area contributed by atoms with Gasteiger partial charge in [-0.1, -0.05) is 18.2 Å². The van der Waals surface area contributed by atoms with Gasteiger partial charge in [-0.15, -0.1) is 0 Å². The monoisotopic (exact) mass is 429 g/mol. The Hall–Kier alpha value is -1.41. The van der Waals surface area contributed by atoms with Crippen LogP contribution in [0.3, 0.4) is 0 Å². The number of ether oxygens (including phenoxy) is 1. The zero-order valence-corrected chi connectivity index (χ0v) is 17.7. The lowest BCUT2D eigenvalue weighted by atomic mass is 9.74. The molecule has 29 heavy (non-hydrogen) atoms. The average molecular weight is 430 g/mol. The standard InChI is InChI=1S/C21H30F3N3OS/c1-2-25-19(26-14-18-7-4-12-29-18)27-15-20(8-10-28-11-9-20)16-5-3-6-17(13-16)21(22,23)24/h3,5-6,13,18H,2,4,7-12,14-15H2,1H3,(H2,25,26,27). The maximum absolute atomic E-state index is 13.2. The van der Waals surface area contributed by atoms with Crippen LogP contribution in [0, 0.1) is 0 Å². The fourth-order valence-electron chi connectivity index (χ4n) is 3.91. The summed E-state index contributed by atoms with van der Waals surface area (Å²) in [5.41, 5.74) is -0.348. The normalized spacial score (nSPS) is 22.5. The van der Waals surface area contributed by atoms with E-state index in [2.05, 4.69) is 10.6 Å². The van der Waals surface area contributed by atoms with Gasteiger partial charge in [0.15, 0.2) is 5.96 Å². The smallest absolute Gasteiger partial charge is 0.381 e. The number of guanidine groups is 1. The van der Waals surface area contributed by atoms with E-state index in [0.29, 0.717) is 43.4 Å². The fourth-order valence-corrected chi connectivity index (χ4v) is 5.11. The highest BCUT2D eigenvalue weighted by atomic mass is 32.2. The highest BCUT2D eigenvalue weighted by Gasteiger charge is 2.37. The van der Waals surface area contributed by atoms with E-state index in [-0.39, 0.29) is 0 Å². The first-order valence-corrected chi connectivity index (χ1v) is 11.4. The molecule has 1 aromatic carbocycles. The van der Waals surface area contributed by atoms with E-state index in [1.54, 1.807) is 6.07 Å². The van der Waals surface area contributed by atoms with Crippen LogP contribution in [0.25, 0.3) is 0 Å². The van der Waals surface area contributed by atoms with Crippen LogP contribution in [0.2, 0.25) is 0 Å². The number of nitrogens with one attached hydrogen (secondary N) is 2. The van der Waals surface area contributed by atoms with Gasteiger partial charge in [-0.05, 0) is 50.0 Å². The first-order chi connectivity index (χ1) is 13.9. The van der Waals surface area contributed by atoms with E-state index in [0.717, 1.165) is 25.1 Å². The molecule has 3 rings (SSSR count). The van der Waals surface area contributed by atoms with Crippen LogP contribution in [0.1, 0.15) is 43.7 Å². The molecule has 2 fully saturated rings. The Morgan fingerprint density at radius 2 is 2.07 bits per heavy atom. The Bertz CT molecular complexity index is 684. The summed E-state index contributed by atoms with van der Waals surface area (Å²) in [5.74, 6) is 1.94. The first-order valence-electron chi connectivity index (χ1n) is 10.3. The number of aliphatic imine (C=N–C) groups is 1. The van der Waals surface area contributed by atoms with E-state index >= 15 is 0 Å². The molecular weight excluding hydrogens is 399 g/mol. The van der Waals surface area contributed by atoms with Gasteiger partial charge >= 0.3 is 6.18 Å². The minimum atomic E-state index is -4.35. The molecule has 2 saturated heterocycles. The number of nitrogens with zero attached hydrogens (tertiary/aromatic N) is 1. The molecule has 0 aromatic heterocycles. The lowest BCUT2D eigenvalue weighted by Gasteiger charge is -2.37. The van der Waals surface area contributed by atoms with Crippen molar-refractivity contribution in [2.24, 2.45) is 4.99 Å². The topological polar surface area (TPSA) is 45.7 Å². The van der Waals surface area contributed by atoms with Gasteiger partial charge in [-0.25, -0.2) is 0 Å². The predicted molar refractivity (Wildman–Crippen MR) is 113 cm³/mol. The average Bonchev–Trinajstić information content (AvgIpc) is 3.24. The minimum absolute atomic E-state index is 0.435. The quantitative estimate of drug-likeness (QED) is 0.526. The molecule has 2 N–H and O–H groups in total. The highest BCUT2D eigenvalue weighted by molar-refractivity contribution is 8.00. The highest BCUT2D eigenvalue weighted by Crippen LogP contribution is 2.38. The van der Waals surface area contributed by atoms with Crippen LogP contribution in [0.5, 0.6) is 0 Å². The molecular formula is C21H30F3N3OS. The molecule has 0 aliphatic carbocycles. The summed E-state index contributed by atoms with van der Waals surface area (Å²) in [7, 11) is 0. The van der Waals surface area contributed by atoms with Crippen LogP contribution < -0.4 is 10.6 Å². The summed E-state index contributed by atoms with van der Waals surface area (Å²) >= 11 is 1.98. The van der Waals surface area contributed by atoms with Crippen molar-refractivity contribution in [3.05, 3.63) is 35.4 Å². The van der Waals surface area contributed by atoms with Gasteiger partial charge in [-0.2, -0.15) is 24.9 Å². The van der Waals surface area contributed by atoms with E-state index in [1.165, 1.54) is 30.7 Å². The van der Waals surface area contributed by atoms with Gasteiger partial charge in [0.25, 0.3) is 0 Å². The predicted octanol–water partition coefficient (Wildman–Crippen LogP) is 4.20. The summed E-state index contributed by atoms with van der Waals surface area (Å²) in [6.45, 7) is 5.12. The molecule has 0 amide bonds. The van der Waals surface area contributed by atoms with Gasteiger partial charge in [0, 0.05) is 37.0 Å². The number of alkyl halides is 3. The number of thioether (sulfide) groups is 1. The van der Waals surface area contributed by atoms with Crippen LogP contribution in [-0.4, -0.2) is 49.8 Å². The number of rotatable bonds is 6. The fraction of sp³-hybridized carbons (Fsp3) is 0.667. The van der Waals surface area contributed by atoms with Crippen molar-refractivity contribution < 1.29 is 17.9 Å². The van der Waals surface area contributed by atoms with Crippen molar-refractivity contribution in [1.29, 1.82) is 0 Å². The van der Waals surface area contributed by atoms with Crippen molar-refractivity contribution in [2.75, 3.05) is 38.6 Å². The summed E-state index contributed by atoms with van der Waals surface area (Å²) in [6.07, 6.45) is -0.557. The molecule has 0 bridgehead atoms. The van der Waals surface area contributed by atoms with E-state index in [4.69, 9.17) is 9.73 Å². The third-order valence-corrected chi connectivity index (χ3v) is 7.06. The molecule has 162 valence electrons. The zero-order valence-electron chi connectivity index (χ0n) is 16.9. The molecule has 0 saturated carbocycles. The molecule has 0 radical (unpaired) electrons. The first kappa shape index (κ1) is 22.3. The Labute approximate surface area is 175 Å². The second kappa shape index (κ2) is 10.1. The maximum atomic E-state index is 13.2. The third kappa shape index (κ3) is 6.04. The molecule has 8 heteroatoms. The molecule has 2 heterocycles. The van der Waals surface area contributed by atoms with Crippen LogP contribution in [0.4, 0.5) is 13.2 Å². The third-order valence-electron chi connectivity index (χ3n) is 5.66. The lowest BCUT2D eigenvalue weighted by Crippen LogP contribution is -2.42. The SMILES string of the molecule is CCNC(=NCC1(c2cccc(C(F)(F)F)c2)CCOCC1)NCC1CCCS1. The molecule has 4 nitrogen and oxygen atoms in total. The van der Waals surface area contributed by atoms with Crippen LogP contribution in [0.15, 0.2) is 29.3 Å². The maximum Gasteiger partial charge on any atom is 0.416 e. The summed E-state index contributed by atoms with van der Waals surface area (Å²) < 4.78 is 45.3. The lowest BCUT2D eigenvalue weighted by molar-refractivity contribution is -0.137. The number of hydrogen-bond acceptors (Lipinski definition) is 3. The van der Waals surface area contributed by atoms with Crippen LogP contribution in [-0.2, 0) is 16.3 Å². The summed E-state index contributed by atoms with van der Waals surface area (Å²) in [5, 5.41) is 7.28. The van der Waals surface area contributed by atoms with Gasteiger partial charge in [0.05, 0.1) is 12.1 Å². The number of hydrogen-bond donors (Lipinski definition) is 2. The molecule has 1 aromatic rings. The molecule has 1 unspecified atom stereocenters. The minimum Gasteiger partial charge on any atom is -0.381 e. The Morgan fingerprint density at radius 1 is 1.28 bits per heavy atom. The molecule has 1 atom stereocenters. The summed E-state index contributed by atoms with van der Waals surface area (Å²) in [6, 6.07) is 5.71. The largest absolute Gasteiger partial charge is 0.416 e. The van der Waals surface area contributed by atoms with Gasteiger partial charge < -0.3 is 15.4 Å². The van der Waals surface area contributed by atoms with E-state index in [9.17, 15) is 13.2 Å². The van der Waals surface area contributed by atoms with E-state index in [1.807, 2.05) is 18.7 Å². The Kier molecular flexibility index (Phi) is 7.73. The van der Waals surface area contributed by atoms with Crippen molar-refractivity contribution in [2.45, 2.75) is 49.4 Å². The van der Waals surface area contributed by atoms with Crippen molar-refractivity contribution >= 4 is 17.7 Å².